The molecular formula is C17H22N4O2. The van der Waals surface area contributed by atoms with Gasteiger partial charge in [0, 0.05) is 38.8 Å². The Morgan fingerprint density at radius 2 is 2.26 bits per heavy atom. The zero-order valence-corrected chi connectivity index (χ0v) is 13.5. The summed E-state index contributed by atoms with van der Waals surface area (Å²) in [6.07, 6.45) is 6.65. The molecule has 0 spiro atoms. The van der Waals surface area contributed by atoms with Gasteiger partial charge in [-0.15, -0.1) is 0 Å². The van der Waals surface area contributed by atoms with Gasteiger partial charge >= 0.3 is 0 Å². The summed E-state index contributed by atoms with van der Waals surface area (Å²) in [4.78, 5) is 30.8. The van der Waals surface area contributed by atoms with Crippen molar-refractivity contribution in [2.24, 2.45) is 0 Å². The third-order valence-corrected chi connectivity index (χ3v) is 3.65. The summed E-state index contributed by atoms with van der Waals surface area (Å²) in [5.41, 5.74) is 1.17. The molecule has 1 fully saturated rings. The van der Waals surface area contributed by atoms with Gasteiger partial charge in [0.1, 0.15) is 11.5 Å². The molecule has 0 bridgehead atoms. The van der Waals surface area contributed by atoms with Crippen LogP contribution in [-0.2, 0) is 4.79 Å². The fourth-order valence-electron chi connectivity index (χ4n) is 2.45. The molecule has 1 aromatic heterocycles. The van der Waals surface area contributed by atoms with Crippen LogP contribution in [0, 0.1) is 0 Å². The van der Waals surface area contributed by atoms with E-state index in [0.29, 0.717) is 24.6 Å². The van der Waals surface area contributed by atoms with E-state index in [2.05, 4.69) is 16.9 Å². The van der Waals surface area contributed by atoms with E-state index in [1.807, 2.05) is 43.4 Å². The largest absolute Gasteiger partial charge is 0.383 e. The Balaban J connectivity index is 2.05. The van der Waals surface area contributed by atoms with Crippen LogP contribution >= 0.6 is 0 Å². The third kappa shape index (κ3) is 4.42. The van der Waals surface area contributed by atoms with Crippen LogP contribution in [0.15, 0.2) is 31.0 Å². The molecule has 2 rings (SSSR count). The van der Waals surface area contributed by atoms with Crippen LogP contribution in [0.3, 0.4) is 0 Å². The van der Waals surface area contributed by atoms with Crippen molar-refractivity contribution in [2.75, 3.05) is 32.5 Å². The first-order valence-electron chi connectivity index (χ1n) is 7.52. The molecule has 1 saturated heterocycles. The maximum absolute atomic E-state index is 11.6. The van der Waals surface area contributed by atoms with Crippen molar-refractivity contribution in [3.05, 3.63) is 42.2 Å². The number of amides is 1. The van der Waals surface area contributed by atoms with E-state index in [1.54, 1.807) is 4.90 Å². The van der Waals surface area contributed by atoms with Crippen molar-refractivity contribution in [3.8, 4) is 0 Å². The van der Waals surface area contributed by atoms with E-state index < -0.39 is 0 Å². The number of hydrogen-bond donors (Lipinski definition) is 1. The summed E-state index contributed by atoms with van der Waals surface area (Å²) < 4.78 is 0. The smallest absolute Gasteiger partial charge is 0.246 e. The molecule has 1 aromatic rings. The summed E-state index contributed by atoms with van der Waals surface area (Å²) >= 11 is 0. The van der Waals surface area contributed by atoms with Gasteiger partial charge < -0.3 is 15.1 Å². The Morgan fingerprint density at radius 1 is 1.48 bits per heavy atom. The number of likely N-dealkylation sites (tertiary alicyclic amines) is 1. The Labute approximate surface area is 136 Å². The molecule has 1 unspecified atom stereocenters. The zero-order valence-electron chi connectivity index (χ0n) is 13.5. The molecule has 1 amide bonds. The molecule has 1 N–H and O–H groups in total. The topological polar surface area (TPSA) is 65.5 Å². The lowest BCUT2D eigenvalue weighted by molar-refractivity contribution is -0.125. The quantitative estimate of drug-likeness (QED) is 0.638. The highest BCUT2D eigenvalue weighted by atomic mass is 16.2. The maximum atomic E-state index is 11.6. The first-order valence-corrected chi connectivity index (χ1v) is 7.52. The SMILES string of the molecule is C=CC(=O)N1CCC(Nc2ccc(/C=C\N(C)C)c(C=O)n2)C1. The fourth-order valence-corrected chi connectivity index (χ4v) is 2.45. The van der Waals surface area contributed by atoms with E-state index in [9.17, 15) is 9.59 Å². The molecule has 0 radical (unpaired) electrons. The molecule has 122 valence electrons. The first-order chi connectivity index (χ1) is 11.0. The lowest BCUT2D eigenvalue weighted by atomic mass is 10.2. The van der Waals surface area contributed by atoms with Gasteiger partial charge in [-0.3, -0.25) is 9.59 Å². The second-order valence-electron chi connectivity index (χ2n) is 5.69. The molecule has 0 saturated carbocycles. The molecule has 0 aliphatic carbocycles. The Hall–Kier alpha value is -2.63. The highest BCUT2D eigenvalue weighted by Crippen LogP contribution is 2.17. The number of rotatable bonds is 6. The second kappa shape index (κ2) is 7.58. The standard InChI is InChI=1S/C17H22N4O2/c1-4-17(23)21-10-8-14(11-21)18-16-6-5-13(7-9-20(2)3)15(12-22)19-16/h4-7,9,12,14H,1,8,10-11H2,2-3H3,(H,18,19)/b9-7-. The van der Waals surface area contributed by atoms with E-state index in [1.165, 1.54) is 6.08 Å². The molecule has 2 heterocycles. The van der Waals surface area contributed by atoms with Gasteiger partial charge in [-0.1, -0.05) is 6.58 Å². The molecule has 6 heteroatoms. The van der Waals surface area contributed by atoms with Crippen LogP contribution in [0.1, 0.15) is 22.5 Å². The van der Waals surface area contributed by atoms with Gasteiger partial charge in [0.05, 0.1) is 0 Å². The monoisotopic (exact) mass is 314 g/mol. The number of hydrogen-bond acceptors (Lipinski definition) is 5. The normalized spacial score (nSPS) is 17.3. The van der Waals surface area contributed by atoms with Crippen molar-refractivity contribution < 1.29 is 9.59 Å². The molecule has 6 nitrogen and oxygen atoms in total. The number of nitrogens with one attached hydrogen (secondary N) is 1. The fraction of sp³-hybridized carbons (Fsp3) is 0.353. The van der Waals surface area contributed by atoms with E-state index in [0.717, 1.165) is 18.3 Å². The highest BCUT2D eigenvalue weighted by Gasteiger charge is 2.24. The van der Waals surface area contributed by atoms with Crippen molar-refractivity contribution in [2.45, 2.75) is 12.5 Å². The van der Waals surface area contributed by atoms with Gasteiger partial charge in [0.15, 0.2) is 6.29 Å². The van der Waals surface area contributed by atoms with Crippen LogP contribution in [-0.4, -0.2) is 60.2 Å². The predicted octanol–water partition coefficient (Wildman–Crippen LogP) is 1.63. The summed E-state index contributed by atoms with van der Waals surface area (Å²) in [5, 5.41) is 3.28. The first kappa shape index (κ1) is 16.7. The van der Waals surface area contributed by atoms with Crippen molar-refractivity contribution in [1.29, 1.82) is 0 Å². The van der Waals surface area contributed by atoms with Gasteiger partial charge in [0.2, 0.25) is 5.91 Å². The van der Waals surface area contributed by atoms with E-state index in [-0.39, 0.29) is 11.9 Å². The highest BCUT2D eigenvalue weighted by molar-refractivity contribution is 5.87. The van der Waals surface area contributed by atoms with Crippen LogP contribution in [0.4, 0.5) is 5.82 Å². The van der Waals surface area contributed by atoms with Gasteiger partial charge in [0.25, 0.3) is 0 Å². The molecule has 0 aromatic carbocycles. The Morgan fingerprint density at radius 3 is 2.91 bits per heavy atom. The summed E-state index contributed by atoms with van der Waals surface area (Å²) in [6, 6.07) is 3.84. The molecule has 23 heavy (non-hydrogen) atoms. The van der Waals surface area contributed by atoms with Crippen LogP contribution in [0.2, 0.25) is 0 Å². The Bertz CT molecular complexity index is 625. The summed E-state index contributed by atoms with van der Waals surface area (Å²) in [6.45, 7) is 4.82. The minimum Gasteiger partial charge on any atom is -0.383 e. The lowest BCUT2D eigenvalue weighted by Crippen LogP contribution is -2.30. The van der Waals surface area contributed by atoms with E-state index in [4.69, 9.17) is 0 Å². The van der Waals surface area contributed by atoms with Gasteiger partial charge in [-0.2, -0.15) is 0 Å². The number of anilines is 1. The summed E-state index contributed by atoms with van der Waals surface area (Å²) in [5.74, 6) is 0.590. The van der Waals surface area contributed by atoms with Crippen LogP contribution in [0.25, 0.3) is 6.08 Å². The molecular weight excluding hydrogens is 292 g/mol. The second-order valence-corrected chi connectivity index (χ2v) is 5.69. The zero-order chi connectivity index (χ0) is 16.8. The van der Waals surface area contributed by atoms with Crippen molar-refractivity contribution >= 4 is 24.1 Å². The lowest BCUT2D eigenvalue weighted by Gasteiger charge is -2.16. The third-order valence-electron chi connectivity index (χ3n) is 3.65. The van der Waals surface area contributed by atoms with Crippen molar-refractivity contribution in [3.63, 3.8) is 0 Å². The number of pyridine rings is 1. The van der Waals surface area contributed by atoms with Crippen molar-refractivity contribution in [1.82, 2.24) is 14.8 Å². The molecule has 1 aliphatic heterocycles. The van der Waals surface area contributed by atoms with E-state index >= 15 is 0 Å². The average Bonchev–Trinajstić information content (AvgIpc) is 3.01. The summed E-state index contributed by atoms with van der Waals surface area (Å²) in [7, 11) is 3.83. The molecule has 1 aliphatic rings. The molecule has 1 atom stereocenters. The van der Waals surface area contributed by atoms with Gasteiger partial charge in [-0.05, 0) is 36.9 Å². The predicted molar refractivity (Wildman–Crippen MR) is 91.2 cm³/mol. The van der Waals surface area contributed by atoms with Gasteiger partial charge in [-0.25, -0.2) is 4.98 Å². The Kier molecular flexibility index (Phi) is 5.51. The average molecular weight is 314 g/mol. The number of aldehydes is 1. The minimum atomic E-state index is -0.0555. The van der Waals surface area contributed by atoms with Crippen LogP contribution in [0.5, 0.6) is 0 Å². The number of carbonyl (C=O) groups excluding carboxylic acids is 2. The number of aromatic nitrogens is 1. The van der Waals surface area contributed by atoms with Crippen LogP contribution < -0.4 is 5.32 Å². The number of carbonyl (C=O) groups is 2. The number of nitrogens with zero attached hydrogens (tertiary/aromatic N) is 3. The maximum Gasteiger partial charge on any atom is 0.246 e. The minimum absolute atomic E-state index is 0.0555.